The van der Waals surface area contributed by atoms with Crippen LogP contribution in [0.25, 0.3) is 0 Å². The van der Waals surface area contributed by atoms with Gasteiger partial charge in [-0.1, -0.05) is 18.2 Å². The minimum Gasteiger partial charge on any atom is -0.495 e. The Labute approximate surface area is 132 Å². The monoisotopic (exact) mass is 341 g/mol. The molecule has 1 heterocycles. The van der Waals surface area contributed by atoms with Crippen LogP contribution < -0.4 is 9.04 Å². The molecule has 0 aliphatic heterocycles. The second kappa shape index (κ2) is 6.80. The molecule has 2 rings (SSSR count). The number of hydrogen-bond acceptors (Lipinski definition) is 6. The molecule has 0 radical (unpaired) electrons. The van der Waals surface area contributed by atoms with Crippen molar-refractivity contribution in [1.29, 1.82) is 0 Å². The van der Waals surface area contributed by atoms with Gasteiger partial charge in [-0.15, -0.1) is 11.3 Å². The van der Waals surface area contributed by atoms with E-state index in [4.69, 9.17) is 4.74 Å². The molecule has 0 atom stereocenters. The maximum atomic E-state index is 12.8. The topological polar surface area (TPSA) is 72.9 Å². The van der Waals surface area contributed by atoms with Crippen molar-refractivity contribution in [2.45, 2.75) is 4.21 Å². The zero-order valence-electron chi connectivity index (χ0n) is 12.1. The predicted molar refractivity (Wildman–Crippen MR) is 83.9 cm³/mol. The molecule has 1 aromatic carbocycles. The normalized spacial score (nSPS) is 11.0. The van der Waals surface area contributed by atoms with Gasteiger partial charge in [0.05, 0.1) is 19.9 Å². The maximum absolute atomic E-state index is 12.8. The molecule has 0 saturated heterocycles. The fourth-order valence-electron chi connectivity index (χ4n) is 1.84. The van der Waals surface area contributed by atoms with E-state index in [2.05, 4.69) is 4.74 Å². The highest BCUT2D eigenvalue weighted by atomic mass is 32.2. The van der Waals surface area contributed by atoms with Gasteiger partial charge >= 0.3 is 5.97 Å². The Kier molecular flexibility index (Phi) is 5.04. The Morgan fingerprint density at radius 1 is 1.18 bits per heavy atom. The third-order valence-electron chi connectivity index (χ3n) is 2.89. The van der Waals surface area contributed by atoms with E-state index < -0.39 is 22.5 Å². The number of esters is 1. The van der Waals surface area contributed by atoms with E-state index in [0.29, 0.717) is 5.75 Å². The quantitative estimate of drug-likeness (QED) is 0.753. The fourth-order valence-corrected chi connectivity index (χ4v) is 4.36. The average molecular weight is 341 g/mol. The molecule has 0 bridgehead atoms. The number of benzene rings is 1. The number of rotatable bonds is 6. The number of para-hydroxylation sites is 2. The number of hydrogen-bond donors (Lipinski definition) is 0. The average Bonchev–Trinajstić information content (AvgIpc) is 3.07. The first-order valence-corrected chi connectivity index (χ1v) is 8.58. The lowest BCUT2D eigenvalue weighted by molar-refractivity contribution is -0.138. The van der Waals surface area contributed by atoms with Gasteiger partial charge in [-0.3, -0.25) is 9.10 Å². The van der Waals surface area contributed by atoms with Gasteiger partial charge in [0.15, 0.2) is 0 Å². The lowest BCUT2D eigenvalue weighted by Gasteiger charge is -2.24. The van der Waals surface area contributed by atoms with Gasteiger partial charge in [0.2, 0.25) is 0 Å². The molecule has 1 aromatic heterocycles. The lowest BCUT2D eigenvalue weighted by Crippen LogP contribution is -2.36. The summed E-state index contributed by atoms with van der Waals surface area (Å²) in [7, 11) is -1.23. The minimum atomic E-state index is -3.88. The van der Waals surface area contributed by atoms with Gasteiger partial charge in [0.1, 0.15) is 16.5 Å². The number of anilines is 1. The minimum absolute atomic E-state index is 0.141. The van der Waals surface area contributed by atoms with Gasteiger partial charge in [0.25, 0.3) is 10.0 Å². The van der Waals surface area contributed by atoms with Gasteiger partial charge in [-0.25, -0.2) is 8.42 Å². The molecule has 0 spiro atoms. The Hall–Kier alpha value is -2.06. The molecule has 0 aliphatic carbocycles. The van der Waals surface area contributed by atoms with Crippen molar-refractivity contribution in [3.63, 3.8) is 0 Å². The van der Waals surface area contributed by atoms with Crippen LogP contribution in [0.5, 0.6) is 5.75 Å². The van der Waals surface area contributed by atoms with Crippen LogP contribution in [-0.4, -0.2) is 35.2 Å². The van der Waals surface area contributed by atoms with E-state index in [-0.39, 0.29) is 9.90 Å². The summed E-state index contributed by atoms with van der Waals surface area (Å²) in [5.74, 6) is -0.308. The summed E-state index contributed by atoms with van der Waals surface area (Å²) in [6.45, 7) is -0.433. The maximum Gasteiger partial charge on any atom is 0.326 e. The third kappa shape index (κ3) is 3.23. The molecule has 0 saturated carbocycles. The highest BCUT2D eigenvalue weighted by Crippen LogP contribution is 2.33. The molecule has 0 aliphatic rings. The van der Waals surface area contributed by atoms with Crippen LogP contribution in [0.15, 0.2) is 46.0 Å². The summed E-state index contributed by atoms with van der Waals surface area (Å²) in [6, 6.07) is 9.72. The Balaban J connectivity index is 2.54. The summed E-state index contributed by atoms with van der Waals surface area (Å²) < 4.78 is 36.5. The van der Waals surface area contributed by atoms with Crippen LogP contribution >= 0.6 is 11.3 Å². The largest absolute Gasteiger partial charge is 0.495 e. The molecular weight excluding hydrogens is 326 g/mol. The first-order chi connectivity index (χ1) is 10.5. The van der Waals surface area contributed by atoms with Gasteiger partial charge in [-0.2, -0.15) is 0 Å². The summed E-state index contributed by atoms with van der Waals surface area (Å²) >= 11 is 1.08. The SMILES string of the molecule is COC(=O)CN(c1ccccc1OC)S(=O)(=O)c1cccs1. The van der Waals surface area contributed by atoms with Gasteiger partial charge in [-0.05, 0) is 23.6 Å². The Bertz CT molecular complexity index is 740. The molecule has 0 fully saturated rings. The van der Waals surface area contributed by atoms with E-state index in [1.165, 1.54) is 20.3 Å². The smallest absolute Gasteiger partial charge is 0.326 e. The summed E-state index contributed by atoms with van der Waals surface area (Å²) in [6.07, 6.45) is 0. The standard InChI is InChI=1S/C14H15NO5S2/c1-19-12-7-4-3-6-11(12)15(10-13(16)20-2)22(17,18)14-8-5-9-21-14/h3-9H,10H2,1-2H3. The van der Waals surface area contributed by atoms with Crippen LogP contribution in [0.2, 0.25) is 0 Å². The van der Waals surface area contributed by atoms with Crippen molar-refractivity contribution in [3.05, 3.63) is 41.8 Å². The Morgan fingerprint density at radius 3 is 2.50 bits per heavy atom. The second-order valence-corrected chi connectivity index (χ2v) is 7.23. The van der Waals surface area contributed by atoms with Crippen LogP contribution in [0.3, 0.4) is 0 Å². The van der Waals surface area contributed by atoms with Crippen molar-refractivity contribution < 1.29 is 22.7 Å². The number of ether oxygens (including phenoxy) is 2. The number of nitrogens with zero attached hydrogens (tertiary/aromatic N) is 1. The highest BCUT2D eigenvalue weighted by Gasteiger charge is 2.30. The molecule has 2 aromatic rings. The first kappa shape index (κ1) is 16.3. The van der Waals surface area contributed by atoms with Crippen LogP contribution in [0, 0.1) is 0 Å². The number of thiophene rings is 1. The van der Waals surface area contributed by atoms with Crippen LogP contribution in [-0.2, 0) is 19.6 Å². The highest BCUT2D eigenvalue weighted by molar-refractivity contribution is 7.94. The molecule has 8 heteroatoms. The van der Waals surface area contributed by atoms with E-state index in [1.54, 1.807) is 35.7 Å². The van der Waals surface area contributed by atoms with E-state index >= 15 is 0 Å². The van der Waals surface area contributed by atoms with Crippen molar-refractivity contribution in [2.75, 3.05) is 25.1 Å². The molecule has 0 unspecified atom stereocenters. The van der Waals surface area contributed by atoms with Gasteiger partial charge < -0.3 is 9.47 Å². The zero-order chi connectivity index (χ0) is 16.2. The van der Waals surface area contributed by atoms with E-state index in [0.717, 1.165) is 15.6 Å². The lowest BCUT2D eigenvalue weighted by atomic mass is 10.3. The molecular formula is C14H15NO5S2. The van der Waals surface area contributed by atoms with Crippen molar-refractivity contribution in [3.8, 4) is 5.75 Å². The third-order valence-corrected chi connectivity index (χ3v) is 6.03. The summed E-state index contributed by atoms with van der Waals surface area (Å²) in [4.78, 5) is 11.6. The van der Waals surface area contributed by atoms with Crippen molar-refractivity contribution >= 4 is 33.0 Å². The van der Waals surface area contributed by atoms with Crippen molar-refractivity contribution in [2.24, 2.45) is 0 Å². The number of methoxy groups -OCH3 is 2. The first-order valence-electron chi connectivity index (χ1n) is 6.26. The van der Waals surface area contributed by atoms with Crippen LogP contribution in [0.4, 0.5) is 5.69 Å². The van der Waals surface area contributed by atoms with E-state index in [9.17, 15) is 13.2 Å². The molecule has 6 nitrogen and oxygen atoms in total. The summed E-state index contributed by atoms with van der Waals surface area (Å²) in [5, 5.41) is 1.66. The second-order valence-electron chi connectivity index (χ2n) is 4.19. The molecule has 0 amide bonds. The number of carbonyl (C=O) groups excluding carboxylic acids is 1. The van der Waals surface area contributed by atoms with Crippen LogP contribution in [0.1, 0.15) is 0 Å². The molecule has 118 valence electrons. The number of sulfonamides is 1. The summed E-state index contributed by atoms with van der Waals surface area (Å²) in [5.41, 5.74) is 0.281. The zero-order valence-corrected chi connectivity index (χ0v) is 13.7. The number of carbonyl (C=O) groups is 1. The fraction of sp³-hybridized carbons (Fsp3) is 0.214. The predicted octanol–water partition coefficient (Wildman–Crippen LogP) is 2.12. The molecule has 0 N–H and O–H groups in total. The van der Waals surface area contributed by atoms with Crippen molar-refractivity contribution in [1.82, 2.24) is 0 Å². The van der Waals surface area contributed by atoms with E-state index in [1.807, 2.05) is 0 Å². The van der Waals surface area contributed by atoms with Gasteiger partial charge in [0, 0.05) is 0 Å². The Morgan fingerprint density at radius 2 is 1.91 bits per heavy atom. The molecule has 22 heavy (non-hydrogen) atoms.